The maximum Gasteiger partial charge on any atom is 0.246 e. The topological polar surface area (TPSA) is 79.0 Å². The van der Waals surface area contributed by atoms with E-state index in [2.05, 4.69) is 10.2 Å². The van der Waals surface area contributed by atoms with Crippen LogP contribution in [0.4, 0.5) is 5.69 Å². The zero-order valence-electron chi connectivity index (χ0n) is 20.3. The van der Waals surface area contributed by atoms with Gasteiger partial charge < -0.3 is 10.1 Å². The molecule has 1 saturated heterocycles. The Labute approximate surface area is 207 Å². The zero-order chi connectivity index (χ0) is 25.0. The number of hydrogen-bond donors (Lipinski definition) is 1. The normalized spacial score (nSPS) is 16.0. The van der Waals surface area contributed by atoms with Crippen LogP contribution in [-0.2, 0) is 14.8 Å². The first kappa shape index (κ1) is 24.9. The van der Waals surface area contributed by atoms with Crippen molar-refractivity contribution in [1.29, 1.82) is 0 Å². The molecule has 0 bridgehead atoms. The molecule has 0 aromatic heterocycles. The number of piperazine rings is 1. The molecular formula is C27H31N3O4S. The van der Waals surface area contributed by atoms with Gasteiger partial charge in [0, 0.05) is 31.9 Å². The molecule has 0 spiro atoms. The molecule has 0 radical (unpaired) electrons. The summed E-state index contributed by atoms with van der Waals surface area (Å²) < 4.78 is 32.9. The summed E-state index contributed by atoms with van der Waals surface area (Å²) >= 11 is 0. The molecule has 1 aliphatic heterocycles. The number of sulfonamides is 1. The van der Waals surface area contributed by atoms with E-state index < -0.39 is 16.1 Å². The monoisotopic (exact) mass is 493 g/mol. The molecular weight excluding hydrogens is 462 g/mol. The van der Waals surface area contributed by atoms with Gasteiger partial charge in [0.2, 0.25) is 15.9 Å². The number of nitrogens with one attached hydrogen (secondary N) is 1. The van der Waals surface area contributed by atoms with Gasteiger partial charge in [0.15, 0.2) is 0 Å². The predicted octanol–water partition coefficient (Wildman–Crippen LogP) is 4.00. The molecule has 184 valence electrons. The Hall–Kier alpha value is -3.20. The van der Waals surface area contributed by atoms with Gasteiger partial charge in [0.25, 0.3) is 0 Å². The van der Waals surface area contributed by atoms with Gasteiger partial charge in [-0.15, -0.1) is 0 Å². The van der Waals surface area contributed by atoms with Gasteiger partial charge in [-0.2, -0.15) is 4.31 Å². The number of anilines is 1. The number of aryl methyl sites for hydroxylation is 2. The minimum Gasteiger partial charge on any atom is -0.497 e. The number of rotatable bonds is 7. The number of carbonyl (C=O) groups is 1. The highest BCUT2D eigenvalue weighted by molar-refractivity contribution is 7.89. The molecule has 0 saturated carbocycles. The second kappa shape index (κ2) is 10.6. The van der Waals surface area contributed by atoms with Crippen molar-refractivity contribution in [3.63, 3.8) is 0 Å². The van der Waals surface area contributed by atoms with Crippen molar-refractivity contribution in [2.24, 2.45) is 0 Å². The molecule has 0 aliphatic carbocycles. The summed E-state index contributed by atoms with van der Waals surface area (Å²) in [6.07, 6.45) is 0. The molecule has 1 aliphatic rings. The van der Waals surface area contributed by atoms with Gasteiger partial charge in [-0.1, -0.05) is 42.5 Å². The second-order valence-electron chi connectivity index (χ2n) is 8.74. The molecule has 1 fully saturated rings. The maximum absolute atomic E-state index is 13.5. The lowest BCUT2D eigenvalue weighted by molar-refractivity contribution is -0.122. The summed E-state index contributed by atoms with van der Waals surface area (Å²) in [4.78, 5) is 15.8. The average molecular weight is 494 g/mol. The van der Waals surface area contributed by atoms with Gasteiger partial charge in [0.1, 0.15) is 11.8 Å². The van der Waals surface area contributed by atoms with Gasteiger partial charge in [-0.25, -0.2) is 8.42 Å². The third-order valence-electron chi connectivity index (χ3n) is 6.35. The quantitative estimate of drug-likeness (QED) is 0.538. The summed E-state index contributed by atoms with van der Waals surface area (Å²) in [5.74, 6) is 0.477. The standard InChI is InChI=1S/C27H31N3O4S/c1-20-9-10-21(2)25(19-20)28-27(31)26(22-7-5-4-6-8-22)29-15-17-30(18-16-29)35(32,33)24-13-11-23(34-3)12-14-24/h4-14,19,26H,15-18H2,1-3H3,(H,28,31). The summed E-state index contributed by atoms with van der Waals surface area (Å²) in [6, 6.07) is 21.5. The van der Waals surface area contributed by atoms with E-state index in [1.54, 1.807) is 31.4 Å². The van der Waals surface area contributed by atoms with Crippen LogP contribution >= 0.6 is 0 Å². The molecule has 1 atom stereocenters. The van der Waals surface area contributed by atoms with Crippen molar-refractivity contribution < 1.29 is 17.9 Å². The van der Waals surface area contributed by atoms with Crippen LogP contribution in [0, 0.1) is 13.8 Å². The number of benzene rings is 3. The number of ether oxygens (including phenoxy) is 1. The van der Waals surface area contributed by atoms with Crippen molar-refractivity contribution in [2.45, 2.75) is 24.8 Å². The van der Waals surface area contributed by atoms with E-state index in [-0.39, 0.29) is 10.8 Å². The fourth-order valence-corrected chi connectivity index (χ4v) is 5.76. The van der Waals surface area contributed by atoms with Crippen LogP contribution in [0.3, 0.4) is 0 Å². The molecule has 1 unspecified atom stereocenters. The van der Waals surface area contributed by atoms with Crippen LogP contribution in [0.15, 0.2) is 77.7 Å². The van der Waals surface area contributed by atoms with Crippen LogP contribution in [0.5, 0.6) is 5.75 Å². The maximum atomic E-state index is 13.5. The SMILES string of the molecule is COc1ccc(S(=O)(=O)N2CCN(C(C(=O)Nc3cc(C)ccc3C)c3ccccc3)CC2)cc1. The minimum absolute atomic E-state index is 0.128. The largest absolute Gasteiger partial charge is 0.497 e. The number of hydrogen-bond acceptors (Lipinski definition) is 5. The summed E-state index contributed by atoms with van der Waals surface area (Å²) in [5, 5.41) is 3.10. The first-order valence-electron chi connectivity index (χ1n) is 11.6. The second-order valence-corrected chi connectivity index (χ2v) is 10.7. The van der Waals surface area contributed by atoms with Gasteiger partial charge in [0.05, 0.1) is 12.0 Å². The lowest BCUT2D eigenvalue weighted by Gasteiger charge is -2.38. The van der Waals surface area contributed by atoms with E-state index in [1.165, 1.54) is 4.31 Å². The van der Waals surface area contributed by atoms with Crippen LogP contribution in [0.25, 0.3) is 0 Å². The van der Waals surface area contributed by atoms with Crippen molar-refractivity contribution in [1.82, 2.24) is 9.21 Å². The molecule has 3 aromatic rings. The van der Waals surface area contributed by atoms with Gasteiger partial charge in [-0.05, 0) is 60.9 Å². The van der Waals surface area contributed by atoms with E-state index in [0.29, 0.717) is 31.9 Å². The zero-order valence-corrected chi connectivity index (χ0v) is 21.1. The molecule has 1 amide bonds. The van der Waals surface area contributed by atoms with Crippen LogP contribution in [0.2, 0.25) is 0 Å². The molecule has 3 aromatic carbocycles. The highest BCUT2D eigenvalue weighted by Gasteiger charge is 2.34. The lowest BCUT2D eigenvalue weighted by atomic mass is 10.0. The number of amides is 1. The third-order valence-corrected chi connectivity index (χ3v) is 8.26. The van der Waals surface area contributed by atoms with E-state index in [9.17, 15) is 13.2 Å². The Morgan fingerprint density at radius 1 is 0.914 bits per heavy atom. The van der Waals surface area contributed by atoms with Crippen LogP contribution < -0.4 is 10.1 Å². The molecule has 7 nitrogen and oxygen atoms in total. The number of carbonyl (C=O) groups excluding carboxylic acids is 1. The van der Waals surface area contributed by atoms with E-state index in [0.717, 1.165) is 22.4 Å². The van der Waals surface area contributed by atoms with Crippen molar-refractivity contribution in [2.75, 3.05) is 38.6 Å². The first-order valence-corrected chi connectivity index (χ1v) is 13.0. The fraction of sp³-hybridized carbons (Fsp3) is 0.296. The molecule has 4 rings (SSSR count). The Bertz CT molecular complexity index is 1270. The van der Waals surface area contributed by atoms with E-state index in [1.807, 2.05) is 62.4 Å². The van der Waals surface area contributed by atoms with E-state index >= 15 is 0 Å². The molecule has 35 heavy (non-hydrogen) atoms. The smallest absolute Gasteiger partial charge is 0.246 e. The lowest BCUT2D eigenvalue weighted by Crippen LogP contribution is -2.51. The first-order chi connectivity index (χ1) is 16.8. The van der Waals surface area contributed by atoms with Gasteiger partial charge in [-0.3, -0.25) is 9.69 Å². The summed E-state index contributed by atoms with van der Waals surface area (Å²) in [7, 11) is -2.09. The minimum atomic E-state index is -3.63. The summed E-state index contributed by atoms with van der Waals surface area (Å²) in [6.45, 7) is 5.44. The third kappa shape index (κ3) is 5.56. The average Bonchev–Trinajstić information content (AvgIpc) is 2.87. The van der Waals surface area contributed by atoms with Crippen molar-refractivity contribution in [3.8, 4) is 5.75 Å². The fourth-order valence-electron chi connectivity index (χ4n) is 4.33. The number of nitrogens with zero attached hydrogens (tertiary/aromatic N) is 2. The Morgan fingerprint density at radius 3 is 2.20 bits per heavy atom. The highest BCUT2D eigenvalue weighted by atomic mass is 32.2. The molecule has 1 N–H and O–H groups in total. The Morgan fingerprint density at radius 2 is 1.57 bits per heavy atom. The highest BCUT2D eigenvalue weighted by Crippen LogP contribution is 2.27. The summed E-state index contributed by atoms with van der Waals surface area (Å²) in [5.41, 5.74) is 3.73. The Balaban J connectivity index is 1.52. The van der Waals surface area contributed by atoms with E-state index in [4.69, 9.17) is 4.74 Å². The Kier molecular flexibility index (Phi) is 7.54. The van der Waals surface area contributed by atoms with Crippen molar-refractivity contribution >= 4 is 21.6 Å². The number of methoxy groups -OCH3 is 1. The molecule has 8 heteroatoms. The van der Waals surface area contributed by atoms with Crippen LogP contribution in [0.1, 0.15) is 22.7 Å². The van der Waals surface area contributed by atoms with Crippen LogP contribution in [-0.4, -0.2) is 56.8 Å². The predicted molar refractivity (Wildman–Crippen MR) is 137 cm³/mol. The molecule has 1 heterocycles. The van der Waals surface area contributed by atoms with Crippen molar-refractivity contribution in [3.05, 3.63) is 89.5 Å². The van der Waals surface area contributed by atoms with Gasteiger partial charge >= 0.3 is 0 Å².